The van der Waals surface area contributed by atoms with E-state index in [2.05, 4.69) is 34.6 Å². The SMILES string of the molecule is CC1=Nc2ccccc2C=C(c2ccccc2)N1. The summed E-state index contributed by atoms with van der Waals surface area (Å²) in [4.78, 5) is 4.57. The molecule has 0 saturated heterocycles. The van der Waals surface area contributed by atoms with Crippen molar-refractivity contribution in [1.82, 2.24) is 5.32 Å². The highest BCUT2D eigenvalue weighted by molar-refractivity contribution is 5.98. The summed E-state index contributed by atoms with van der Waals surface area (Å²) in [6.45, 7) is 1.98. The molecule has 88 valence electrons. The van der Waals surface area contributed by atoms with Crippen molar-refractivity contribution in [3.05, 3.63) is 65.7 Å². The van der Waals surface area contributed by atoms with Crippen molar-refractivity contribution in [2.75, 3.05) is 0 Å². The van der Waals surface area contributed by atoms with Gasteiger partial charge in [0.05, 0.1) is 5.69 Å². The average Bonchev–Trinajstić information content (AvgIpc) is 2.57. The van der Waals surface area contributed by atoms with Crippen LogP contribution in [0.2, 0.25) is 0 Å². The van der Waals surface area contributed by atoms with E-state index in [0.717, 1.165) is 22.8 Å². The molecule has 0 bridgehead atoms. The minimum Gasteiger partial charge on any atom is -0.343 e. The number of nitrogens with one attached hydrogen (secondary N) is 1. The number of nitrogens with zero attached hydrogens (tertiary/aromatic N) is 1. The van der Waals surface area contributed by atoms with Crippen molar-refractivity contribution in [3.63, 3.8) is 0 Å². The van der Waals surface area contributed by atoms with Gasteiger partial charge in [-0.1, -0.05) is 48.5 Å². The largest absolute Gasteiger partial charge is 0.343 e. The number of aliphatic imine (C=N–C) groups is 1. The summed E-state index contributed by atoms with van der Waals surface area (Å²) in [5.41, 5.74) is 4.40. The first-order valence-corrected chi connectivity index (χ1v) is 6.01. The summed E-state index contributed by atoms with van der Waals surface area (Å²) >= 11 is 0. The van der Waals surface area contributed by atoms with Gasteiger partial charge in [0.2, 0.25) is 0 Å². The molecular weight excluding hydrogens is 220 g/mol. The molecule has 0 fully saturated rings. The molecule has 2 heteroatoms. The number of amidine groups is 1. The van der Waals surface area contributed by atoms with E-state index in [0.29, 0.717) is 0 Å². The molecule has 1 heterocycles. The van der Waals surface area contributed by atoms with E-state index in [9.17, 15) is 0 Å². The summed E-state index contributed by atoms with van der Waals surface area (Å²) in [5, 5.41) is 3.35. The standard InChI is InChI=1S/C16H14N2/c1-12-17-15-10-6-5-9-14(15)11-16(18-12)13-7-3-2-4-8-13/h2-11H,1H3,(H,17,18). The van der Waals surface area contributed by atoms with Gasteiger partial charge in [-0.25, -0.2) is 4.99 Å². The second-order valence-electron chi connectivity index (χ2n) is 4.31. The topological polar surface area (TPSA) is 24.4 Å². The number of rotatable bonds is 1. The second-order valence-corrected chi connectivity index (χ2v) is 4.31. The van der Waals surface area contributed by atoms with Crippen LogP contribution >= 0.6 is 0 Å². The van der Waals surface area contributed by atoms with E-state index in [-0.39, 0.29) is 0 Å². The highest BCUT2D eigenvalue weighted by Gasteiger charge is 2.08. The van der Waals surface area contributed by atoms with Crippen molar-refractivity contribution in [2.45, 2.75) is 6.92 Å². The molecule has 1 aliphatic heterocycles. The molecule has 0 saturated carbocycles. The van der Waals surface area contributed by atoms with Gasteiger partial charge in [-0.15, -0.1) is 0 Å². The van der Waals surface area contributed by atoms with E-state index >= 15 is 0 Å². The van der Waals surface area contributed by atoms with Crippen LogP contribution in [-0.4, -0.2) is 5.84 Å². The molecular formula is C16H14N2. The van der Waals surface area contributed by atoms with Crippen molar-refractivity contribution in [2.24, 2.45) is 4.99 Å². The van der Waals surface area contributed by atoms with E-state index in [1.165, 1.54) is 5.56 Å². The zero-order chi connectivity index (χ0) is 12.4. The molecule has 0 spiro atoms. The van der Waals surface area contributed by atoms with E-state index in [1.54, 1.807) is 0 Å². The van der Waals surface area contributed by atoms with Crippen LogP contribution in [0.5, 0.6) is 0 Å². The lowest BCUT2D eigenvalue weighted by molar-refractivity contribution is 1.27. The molecule has 1 aliphatic rings. The Balaban J connectivity index is 2.14. The maximum atomic E-state index is 4.57. The number of fused-ring (bicyclic) bond motifs is 1. The molecule has 3 rings (SSSR count). The second kappa shape index (κ2) is 4.49. The van der Waals surface area contributed by atoms with Crippen molar-refractivity contribution >= 4 is 23.3 Å². The van der Waals surface area contributed by atoms with E-state index in [1.807, 2.05) is 43.3 Å². The van der Waals surface area contributed by atoms with Gasteiger partial charge in [0.15, 0.2) is 0 Å². The summed E-state index contributed by atoms with van der Waals surface area (Å²) < 4.78 is 0. The lowest BCUT2D eigenvalue weighted by Crippen LogP contribution is -2.17. The predicted molar refractivity (Wildman–Crippen MR) is 76.7 cm³/mol. The molecule has 0 atom stereocenters. The number of benzene rings is 2. The fraction of sp³-hybridized carbons (Fsp3) is 0.0625. The third kappa shape index (κ3) is 2.05. The minimum atomic E-state index is 0.912. The summed E-state index contributed by atoms with van der Waals surface area (Å²) in [7, 11) is 0. The Morgan fingerprint density at radius 1 is 0.889 bits per heavy atom. The monoisotopic (exact) mass is 234 g/mol. The molecule has 18 heavy (non-hydrogen) atoms. The molecule has 2 nitrogen and oxygen atoms in total. The first-order valence-electron chi connectivity index (χ1n) is 6.01. The molecule has 0 radical (unpaired) electrons. The fourth-order valence-electron chi connectivity index (χ4n) is 2.08. The van der Waals surface area contributed by atoms with Crippen molar-refractivity contribution in [1.29, 1.82) is 0 Å². The van der Waals surface area contributed by atoms with E-state index in [4.69, 9.17) is 0 Å². The van der Waals surface area contributed by atoms with Gasteiger partial charge < -0.3 is 5.32 Å². The highest BCUT2D eigenvalue weighted by atomic mass is 15.0. The van der Waals surface area contributed by atoms with Gasteiger partial charge in [0, 0.05) is 11.3 Å². The smallest absolute Gasteiger partial charge is 0.103 e. The Morgan fingerprint density at radius 3 is 2.44 bits per heavy atom. The van der Waals surface area contributed by atoms with Crippen LogP contribution in [0.15, 0.2) is 59.6 Å². The van der Waals surface area contributed by atoms with Crippen LogP contribution in [0.3, 0.4) is 0 Å². The summed E-state index contributed by atoms with van der Waals surface area (Å²) in [6, 6.07) is 18.5. The third-order valence-corrected chi connectivity index (χ3v) is 2.93. The number of hydrogen-bond donors (Lipinski definition) is 1. The van der Waals surface area contributed by atoms with Crippen LogP contribution in [0.1, 0.15) is 18.1 Å². The number of para-hydroxylation sites is 1. The molecule has 2 aromatic rings. The Hall–Kier alpha value is -2.35. The molecule has 0 unspecified atom stereocenters. The molecule has 2 aromatic carbocycles. The minimum absolute atomic E-state index is 0.912. The Morgan fingerprint density at radius 2 is 1.61 bits per heavy atom. The van der Waals surface area contributed by atoms with Gasteiger partial charge in [-0.3, -0.25) is 0 Å². The Labute approximate surface area is 107 Å². The highest BCUT2D eigenvalue weighted by Crippen LogP contribution is 2.26. The molecule has 1 N–H and O–H groups in total. The molecule has 0 aliphatic carbocycles. The fourth-order valence-corrected chi connectivity index (χ4v) is 2.08. The quantitative estimate of drug-likeness (QED) is 0.796. The average molecular weight is 234 g/mol. The third-order valence-electron chi connectivity index (χ3n) is 2.93. The van der Waals surface area contributed by atoms with Crippen molar-refractivity contribution in [3.8, 4) is 0 Å². The lowest BCUT2D eigenvalue weighted by Gasteiger charge is -2.08. The van der Waals surface area contributed by atoms with Crippen LogP contribution in [0.4, 0.5) is 5.69 Å². The van der Waals surface area contributed by atoms with Crippen LogP contribution in [0.25, 0.3) is 11.8 Å². The first-order chi connectivity index (χ1) is 8.83. The van der Waals surface area contributed by atoms with Crippen molar-refractivity contribution < 1.29 is 0 Å². The van der Waals surface area contributed by atoms with Gasteiger partial charge >= 0.3 is 0 Å². The van der Waals surface area contributed by atoms with Crippen LogP contribution in [-0.2, 0) is 0 Å². The lowest BCUT2D eigenvalue weighted by atomic mass is 10.1. The van der Waals surface area contributed by atoms with Gasteiger partial charge in [-0.2, -0.15) is 0 Å². The zero-order valence-electron chi connectivity index (χ0n) is 10.2. The maximum Gasteiger partial charge on any atom is 0.103 e. The number of hydrogen-bond acceptors (Lipinski definition) is 2. The molecule has 0 aromatic heterocycles. The van der Waals surface area contributed by atoms with Gasteiger partial charge in [-0.05, 0) is 24.6 Å². The zero-order valence-corrected chi connectivity index (χ0v) is 10.2. The maximum absolute atomic E-state index is 4.57. The summed E-state index contributed by atoms with van der Waals surface area (Å²) in [6.07, 6.45) is 2.14. The Kier molecular flexibility index (Phi) is 2.69. The van der Waals surface area contributed by atoms with E-state index < -0.39 is 0 Å². The van der Waals surface area contributed by atoms with Crippen LogP contribution in [0, 0.1) is 0 Å². The normalized spacial score (nSPS) is 13.8. The van der Waals surface area contributed by atoms with Crippen LogP contribution < -0.4 is 5.32 Å². The summed E-state index contributed by atoms with van der Waals surface area (Å²) in [5.74, 6) is 0.912. The molecule has 0 amide bonds. The Bertz CT molecular complexity index is 625. The van der Waals surface area contributed by atoms with Gasteiger partial charge in [0.1, 0.15) is 5.84 Å². The first kappa shape index (κ1) is 10.8. The predicted octanol–water partition coefficient (Wildman–Crippen LogP) is 3.84. The van der Waals surface area contributed by atoms with Gasteiger partial charge in [0.25, 0.3) is 0 Å².